The molecule has 0 saturated carbocycles. The Hall–Kier alpha value is -3.09. The zero-order valence-corrected chi connectivity index (χ0v) is 12.7. The van der Waals surface area contributed by atoms with E-state index in [2.05, 4.69) is 10.3 Å². The van der Waals surface area contributed by atoms with Crippen LogP contribution in [0.3, 0.4) is 0 Å². The average Bonchev–Trinajstić information content (AvgIpc) is 2.59. The van der Waals surface area contributed by atoms with Crippen LogP contribution in [0.5, 0.6) is 0 Å². The number of hydrogen-bond donors (Lipinski definition) is 1. The van der Waals surface area contributed by atoms with Crippen LogP contribution < -0.4 is 10.9 Å². The highest BCUT2D eigenvalue weighted by molar-refractivity contribution is 5.96. The van der Waals surface area contributed by atoms with Crippen molar-refractivity contribution in [1.82, 2.24) is 9.55 Å². The van der Waals surface area contributed by atoms with E-state index < -0.39 is 23.1 Å². The maximum absolute atomic E-state index is 14.5. The standard InChI is InChI=1S/C17H13F2N3O2/c1-22-13-10-6-5-9-12(13)21-14(15(22)23)17(18,19)16(24)20-11-7-3-2-4-8-11/h2-10H,1H3,(H,20,24). The molecule has 0 saturated heterocycles. The highest BCUT2D eigenvalue weighted by atomic mass is 19.3. The van der Waals surface area contributed by atoms with Gasteiger partial charge < -0.3 is 9.88 Å². The van der Waals surface area contributed by atoms with Gasteiger partial charge in [0.1, 0.15) is 0 Å². The molecule has 3 aromatic rings. The van der Waals surface area contributed by atoms with Crippen molar-refractivity contribution in [3.05, 3.63) is 70.6 Å². The number of amides is 1. The normalized spacial score (nSPS) is 11.5. The molecule has 122 valence electrons. The number of halogens is 2. The van der Waals surface area contributed by atoms with Gasteiger partial charge in [-0.15, -0.1) is 0 Å². The molecule has 0 aliphatic heterocycles. The van der Waals surface area contributed by atoms with E-state index in [0.717, 1.165) is 4.57 Å². The Morgan fingerprint density at radius 3 is 2.42 bits per heavy atom. The number of para-hydroxylation sites is 3. The summed E-state index contributed by atoms with van der Waals surface area (Å²) in [7, 11) is 1.36. The van der Waals surface area contributed by atoms with Gasteiger partial charge in [-0.05, 0) is 24.3 Å². The number of anilines is 1. The first kappa shape index (κ1) is 15.8. The lowest BCUT2D eigenvalue weighted by atomic mass is 10.2. The predicted octanol–water partition coefficient (Wildman–Crippen LogP) is 2.66. The number of aromatic nitrogens is 2. The molecule has 1 N–H and O–H groups in total. The summed E-state index contributed by atoms with van der Waals surface area (Å²) in [5, 5.41) is 2.10. The summed E-state index contributed by atoms with van der Waals surface area (Å²) in [5.74, 6) is -5.66. The third kappa shape index (κ3) is 2.64. The molecule has 5 nitrogen and oxygen atoms in total. The number of rotatable bonds is 3. The minimum absolute atomic E-state index is 0.208. The third-order valence-corrected chi connectivity index (χ3v) is 3.60. The number of benzene rings is 2. The monoisotopic (exact) mass is 329 g/mol. The zero-order valence-electron chi connectivity index (χ0n) is 12.7. The quantitative estimate of drug-likeness (QED) is 0.803. The van der Waals surface area contributed by atoms with E-state index >= 15 is 0 Å². The molecule has 1 aromatic heterocycles. The lowest BCUT2D eigenvalue weighted by Gasteiger charge is -2.16. The molecule has 0 unspecified atom stereocenters. The van der Waals surface area contributed by atoms with Crippen LogP contribution in [0.4, 0.5) is 14.5 Å². The van der Waals surface area contributed by atoms with Crippen LogP contribution in [0.25, 0.3) is 11.0 Å². The first-order valence-corrected chi connectivity index (χ1v) is 7.12. The Bertz CT molecular complexity index is 968. The number of nitrogens with zero attached hydrogens (tertiary/aromatic N) is 2. The second-order valence-corrected chi connectivity index (χ2v) is 5.21. The minimum atomic E-state index is -4.06. The molecule has 24 heavy (non-hydrogen) atoms. The van der Waals surface area contributed by atoms with Crippen molar-refractivity contribution in [3.63, 3.8) is 0 Å². The van der Waals surface area contributed by atoms with Crippen LogP contribution >= 0.6 is 0 Å². The fourth-order valence-corrected chi connectivity index (χ4v) is 2.32. The smallest absolute Gasteiger partial charge is 0.320 e. The van der Waals surface area contributed by atoms with Gasteiger partial charge in [0.15, 0.2) is 5.69 Å². The molecule has 0 fully saturated rings. The summed E-state index contributed by atoms with van der Waals surface area (Å²) >= 11 is 0. The second kappa shape index (κ2) is 5.84. The second-order valence-electron chi connectivity index (χ2n) is 5.21. The molecule has 1 heterocycles. The fraction of sp³-hybridized carbons (Fsp3) is 0.118. The van der Waals surface area contributed by atoms with E-state index in [4.69, 9.17) is 0 Å². The van der Waals surface area contributed by atoms with Crippen molar-refractivity contribution in [1.29, 1.82) is 0 Å². The van der Waals surface area contributed by atoms with Crippen LogP contribution in [-0.4, -0.2) is 15.5 Å². The number of carbonyl (C=O) groups excluding carboxylic acids is 1. The summed E-state index contributed by atoms with van der Waals surface area (Å²) in [4.78, 5) is 27.9. The largest absolute Gasteiger partial charge is 0.371 e. The molecule has 0 spiro atoms. The van der Waals surface area contributed by atoms with Crippen molar-refractivity contribution in [3.8, 4) is 0 Å². The van der Waals surface area contributed by atoms with Gasteiger partial charge in [-0.3, -0.25) is 9.59 Å². The fourth-order valence-electron chi connectivity index (χ4n) is 2.32. The molecule has 3 rings (SSSR count). The third-order valence-electron chi connectivity index (χ3n) is 3.60. The van der Waals surface area contributed by atoms with E-state index in [0.29, 0.717) is 5.52 Å². The number of aryl methyl sites for hydroxylation is 1. The van der Waals surface area contributed by atoms with Gasteiger partial charge in [0, 0.05) is 12.7 Å². The van der Waals surface area contributed by atoms with Crippen molar-refractivity contribution in [2.75, 3.05) is 5.32 Å². The average molecular weight is 329 g/mol. The molecular weight excluding hydrogens is 316 g/mol. The van der Waals surface area contributed by atoms with Gasteiger partial charge in [0.2, 0.25) is 0 Å². The lowest BCUT2D eigenvalue weighted by molar-refractivity contribution is -0.141. The van der Waals surface area contributed by atoms with Gasteiger partial charge in [0.25, 0.3) is 5.56 Å². The molecule has 0 atom stereocenters. The number of nitrogens with one attached hydrogen (secondary N) is 1. The maximum Gasteiger partial charge on any atom is 0.371 e. The summed E-state index contributed by atoms with van der Waals surface area (Å²) < 4.78 is 30.1. The van der Waals surface area contributed by atoms with Gasteiger partial charge in [-0.1, -0.05) is 30.3 Å². The van der Waals surface area contributed by atoms with Crippen molar-refractivity contribution >= 4 is 22.6 Å². The highest BCUT2D eigenvalue weighted by Gasteiger charge is 2.45. The Morgan fingerprint density at radius 2 is 1.71 bits per heavy atom. The Balaban J connectivity index is 2.06. The summed E-state index contributed by atoms with van der Waals surface area (Å²) in [6, 6.07) is 14.2. The van der Waals surface area contributed by atoms with Crippen LogP contribution in [0.15, 0.2) is 59.4 Å². The van der Waals surface area contributed by atoms with E-state index in [1.807, 2.05) is 0 Å². The molecule has 0 aliphatic carbocycles. The van der Waals surface area contributed by atoms with Crippen molar-refractivity contribution < 1.29 is 13.6 Å². The first-order valence-electron chi connectivity index (χ1n) is 7.12. The van der Waals surface area contributed by atoms with Crippen molar-refractivity contribution in [2.24, 2.45) is 7.05 Å². The number of fused-ring (bicyclic) bond motifs is 1. The number of alkyl halides is 2. The van der Waals surface area contributed by atoms with Crippen LogP contribution in [0, 0.1) is 0 Å². The Kier molecular flexibility index (Phi) is 3.84. The Labute approximate surface area is 135 Å². The molecule has 2 aromatic carbocycles. The van der Waals surface area contributed by atoms with E-state index in [1.54, 1.807) is 36.4 Å². The molecule has 1 amide bonds. The summed E-state index contributed by atoms with van der Waals surface area (Å²) in [6.07, 6.45) is 0. The highest BCUT2D eigenvalue weighted by Crippen LogP contribution is 2.27. The van der Waals surface area contributed by atoms with E-state index in [1.165, 1.54) is 25.2 Å². The van der Waals surface area contributed by atoms with Crippen LogP contribution in [-0.2, 0) is 17.8 Å². The first-order chi connectivity index (χ1) is 11.4. The molecule has 0 bridgehead atoms. The molecule has 7 heteroatoms. The van der Waals surface area contributed by atoms with E-state index in [-0.39, 0.29) is 11.2 Å². The molecule has 0 radical (unpaired) electrons. The number of hydrogen-bond acceptors (Lipinski definition) is 3. The maximum atomic E-state index is 14.5. The summed E-state index contributed by atoms with van der Waals surface area (Å²) in [5.41, 5.74) is -1.29. The van der Waals surface area contributed by atoms with Gasteiger partial charge in [-0.25, -0.2) is 4.98 Å². The van der Waals surface area contributed by atoms with Gasteiger partial charge in [-0.2, -0.15) is 8.78 Å². The SMILES string of the molecule is Cn1c(=O)c(C(F)(F)C(=O)Nc2ccccc2)nc2ccccc21. The molecular formula is C17H13F2N3O2. The zero-order chi connectivity index (χ0) is 17.3. The molecule has 0 aliphatic rings. The van der Waals surface area contributed by atoms with Gasteiger partial charge in [0.05, 0.1) is 11.0 Å². The van der Waals surface area contributed by atoms with Crippen LogP contribution in [0.1, 0.15) is 5.69 Å². The summed E-state index contributed by atoms with van der Waals surface area (Å²) in [6.45, 7) is 0. The lowest BCUT2D eigenvalue weighted by Crippen LogP contribution is -2.39. The predicted molar refractivity (Wildman–Crippen MR) is 85.9 cm³/mol. The van der Waals surface area contributed by atoms with Crippen LogP contribution in [0.2, 0.25) is 0 Å². The number of carbonyl (C=O) groups is 1. The van der Waals surface area contributed by atoms with Crippen molar-refractivity contribution in [2.45, 2.75) is 5.92 Å². The topological polar surface area (TPSA) is 64.0 Å². The van der Waals surface area contributed by atoms with E-state index in [9.17, 15) is 18.4 Å². The van der Waals surface area contributed by atoms with Gasteiger partial charge >= 0.3 is 11.8 Å². The Morgan fingerprint density at radius 1 is 1.08 bits per heavy atom. The minimum Gasteiger partial charge on any atom is -0.320 e.